The number of nitrogens with zero attached hydrogens (tertiary/aromatic N) is 1. The number of aromatic nitrogens is 2. The fourth-order valence-electron chi connectivity index (χ4n) is 1.88. The number of halogens is 2. The van der Waals surface area contributed by atoms with Gasteiger partial charge in [0.1, 0.15) is 5.82 Å². The van der Waals surface area contributed by atoms with Crippen LogP contribution >= 0.6 is 23.4 Å². The van der Waals surface area contributed by atoms with Crippen LogP contribution in [0.5, 0.6) is 0 Å². The van der Waals surface area contributed by atoms with E-state index < -0.39 is 0 Å². The summed E-state index contributed by atoms with van der Waals surface area (Å²) >= 11 is 7.18. The fourth-order valence-corrected chi connectivity index (χ4v) is 2.93. The van der Waals surface area contributed by atoms with Crippen molar-refractivity contribution in [2.24, 2.45) is 0 Å². The Bertz CT molecular complexity index is 772. The molecule has 1 aromatic heterocycles. The van der Waals surface area contributed by atoms with Gasteiger partial charge in [0.2, 0.25) is 0 Å². The number of imidazole rings is 1. The summed E-state index contributed by atoms with van der Waals surface area (Å²) in [5.74, 6) is 0.0869. The summed E-state index contributed by atoms with van der Waals surface area (Å²) in [5, 5.41) is 0.866. The molecule has 1 heterocycles. The van der Waals surface area contributed by atoms with Crippen molar-refractivity contribution in [1.29, 1.82) is 0 Å². The van der Waals surface area contributed by atoms with Gasteiger partial charge >= 0.3 is 0 Å². The summed E-state index contributed by atoms with van der Waals surface area (Å²) < 4.78 is 13.8. The topological polar surface area (TPSA) is 54.7 Å². The van der Waals surface area contributed by atoms with E-state index in [4.69, 9.17) is 17.3 Å². The molecular weight excluding hydrogens is 297 g/mol. The van der Waals surface area contributed by atoms with Crippen LogP contribution in [0.4, 0.5) is 10.1 Å². The molecule has 0 saturated heterocycles. The van der Waals surface area contributed by atoms with Crippen LogP contribution in [0.15, 0.2) is 41.6 Å². The van der Waals surface area contributed by atoms with Crippen molar-refractivity contribution in [1.82, 2.24) is 9.97 Å². The van der Waals surface area contributed by atoms with Gasteiger partial charge in [0.05, 0.1) is 16.1 Å². The van der Waals surface area contributed by atoms with Gasteiger partial charge in [-0.15, -0.1) is 0 Å². The van der Waals surface area contributed by atoms with Gasteiger partial charge in [-0.1, -0.05) is 35.5 Å². The third kappa shape index (κ3) is 2.59. The van der Waals surface area contributed by atoms with Crippen molar-refractivity contribution < 1.29 is 4.39 Å². The number of aromatic amines is 1. The van der Waals surface area contributed by atoms with E-state index in [0.717, 1.165) is 16.2 Å². The average molecular weight is 308 g/mol. The lowest BCUT2D eigenvalue weighted by molar-refractivity contribution is 0.618. The summed E-state index contributed by atoms with van der Waals surface area (Å²) in [5.41, 5.74) is 8.67. The molecule has 3 nitrogen and oxygen atoms in total. The lowest BCUT2D eigenvalue weighted by Gasteiger charge is -2.02. The molecule has 0 aliphatic carbocycles. The van der Waals surface area contributed by atoms with Crippen LogP contribution in [0.25, 0.3) is 11.0 Å². The molecule has 102 valence electrons. The lowest BCUT2D eigenvalue weighted by Crippen LogP contribution is -1.88. The van der Waals surface area contributed by atoms with Gasteiger partial charge in [-0.25, -0.2) is 9.37 Å². The highest BCUT2D eigenvalue weighted by Crippen LogP contribution is 2.27. The van der Waals surface area contributed by atoms with Gasteiger partial charge < -0.3 is 10.7 Å². The van der Waals surface area contributed by atoms with Gasteiger partial charge in [0.15, 0.2) is 5.16 Å². The highest BCUT2D eigenvalue weighted by Gasteiger charge is 2.09. The first-order valence-electron chi connectivity index (χ1n) is 5.94. The van der Waals surface area contributed by atoms with Crippen molar-refractivity contribution in [3.05, 3.63) is 52.8 Å². The summed E-state index contributed by atoms with van der Waals surface area (Å²) in [7, 11) is 0. The third-order valence-corrected chi connectivity index (χ3v) is 4.09. The molecule has 0 amide bonds. The molecule has 0 fully saturated rings. The van der Waals surface area contributed by atoms with Crippen LogP contribution in [0.1, 0.15) is 5.56 Å². The first-order valence-corrected chi connectivity index (χ1v) is 7.31. The Hall–Kier alpha value is -1.72. The minimum absolute atomic E-state index is 0.139. The Balaban J connectivity index is 1.81. The van der Waals surface area contributed by atoms with Crippen LogP contribution in [0, 0.1) is 5.82 Å². The summed E-state index contributed by atoms with van der Waals surface area (Å²) in [6, 6.07) is 10.5. The van der Waals surface area contributed by atoms with E-state index in [-0.39, 0.29) is 10.8 Å². The van der Waals surface area contributed by atoms with Crippen molar-refractivity contribution in [2.45, 2.75) is 10.9 Å². The summed E-state index contributed by atoms with van der Waals surface area (Å²) in [6.45, 7) is 0. The van der Waals surface area contributed by atoms with Gasteiger partial charge in [0.25, 0.3) is 0 Å². The van der Waals surface area contributed by atoms with E-state index in [2.05, 4.69) is 9.97 Å². The second kappa shape index (κ2) is 5.34. The van der Waals surface area contributed by atoms with Crippen LogP contribution < -0.4 is 5.73 Å². The standard InChI is InChI=1S/C14H11ClFN3S/c15-10-3-1-2-8(13(10)16)7-20-14-18-11-5-4-9(17)6-12(11)19-14/h1-6H,7,17H2,(H,18,19). The van der Waals surface area contributed by atoms with E-state index in [1.807, 2.05) is 12.1 Å². The number of H-pyrrole nitrogens is 1. The number of nitrogen functional groups attached to an aromatic ring is 1. The van der Waals surface area contributed by atoms with Crippen LogP contribution in [0.2, 0.25) is 5.02 Å². The first kappa shape index (κ1) is 13.3. The number of thioether (sulfide) groups is 1. The van der Waals surface area contributed by atoms with Crippen molar-refractivity contribution >= 4 is 40.1 Å². The Labute approximate surface area is 124 Å². The molecular formula is C14H11ClFN3S. The SMILES string of the molecule is Nc1ccc2nc(SCc3cccc(Cl)c3F)[nH]c2c1. The monoisotopic (exact) mass is 307 g/mol. The molecule has 3 N–H and O–H groups in total. The lowest BCUT2D eigenvalue weighted by atomic mass is 10.2. The Kier molecular flexibility index (Phi) is 3.54. The molecule has 6 heteroatoms. The smallest absolute Gasteiger partial charge is 0.166 e. The molecule has 0 aliphatic heterocycles. The number of nitrogens with two attached hydrogens (primary N) is 1. The molecule has 0 atom stereocenters. The second-order valence-electron chi connectivity index (χ2n) is 4.32. The highest BCUT2D eigenvalue weighted by atomic mass is 35.5. The molecule has 0 bridgehead atoms. The number of benzene rings is 2. The van der Waals surface area contributed by atoms with Crippen LogP contribution in [-0.2, 0) is 5.75 Å². The molecule has 0 spiro atoms. The zero-order valence-corrected chi connectivity index (χ0v) is 11.9. The molecule has 0 unspecified atom stereocenters. The summed E-state index contributed by atoms with van der Waals surface area (Å²) in [4.78, 5) is 7.57. The largest absolute Gasteiger partial charge is 0.399 e. The average Bonchev–Trinajstić information content (AvgIpc) is 2.82. The quantitative estimate of drug-likeness (QED) is 0.562. The van der Waals surface area contributed by atoms with Crippen LogP contribution in [0.3, 0.4) is 0 Å². The number of hydrogen-bond donors (Lipinski definition) is 2. The third-order valence-electron chi connectivity index (χ3n) is 2.88. The van der Waals surface area contributed by atoms with E-state index >= 15 is 0 Å². The molecule has 0 radical (unpaired) electrons. The number of anilines is 1. The number of nitrogens with one attached hydrogen (secondary N) is 1. The van der Waals surface area contributed by atoms with Gasteiger partial charge in [-0.3, -0.25) is 0 Å². The summed E-state index contributed by atoms with van der Waals surface area (Å²) in [6.07, 6.45) is 0. The second-order valence-corrected chi connectivity index (χ2v) is 5.69. The first-order chi connectivity index (χ1) is 9.63. The number of hydrogen-bond acceptors (Lipinski definition) is 3. The zero-order valence-electron chi connectivity index (χ0n) is 10.4. The van der Waals surface area contributed by atoms with Crippen LogP contribution in [-0.4, -0.2) is 9.97 Å². The predicted octanol–water partition coefficient (Wildman–Crippen LogP) is 4.23. The maximum absolute atomic E-state index is 13.8. The van der Waals surface area contributed by atoms with Crippen molar-refractivity contribution in [3.8, 4) is 0 Å². The van der Waals surface area contributed by atoms with Crippen molar-refractivity contribution in [3.63, 3.8) is 0 Å². The molecule has 20 heavy (non-hydrogen) atoms. The normalized spacial score (nSPS) is 11.1. The minimum atomic E-state index is -0.373. The molecule has 2 aromatic carbocycles. The Morgan fingerprint density at radius 3 is 3.00 bits per heavy atom. The van der Waals surface area contributed by atoms with E-state index in [9.17, 15) is 4.39 Å². The van der Waals surface area contributed by atoms with Crippen molar-refractivity contribution in [2.75, 3.05) is 5.73 Å². The number of fused-ring (bicyclic) bond motifs is 1. The van der Waals surface area contributed by atoms with Gasteiger partial charge in [-0.05, 0) is 29.8 Å². The predicted molar refractivity (Wildman–Crippen MR) is 81.5 cm³/mol. The fraction of sp³-hybridized carbons (Fsp3) is 0.0714. The van der Waals surface area contributed by atoms with E-state index in [1.165, 1.54) is 17.8 Å². The molecule has 0 aliphatic rings. The Morgan fingerprint density at radius 1 is 1.30 bits per heavy atom. The highest BCUT2D eigenvalue weighted by molar-refractivity contribution is 7.98. The van der Waals surface area contributed by atoms with Gasteiger partial charge in [0, 0.05) is 11.4 Å². The molecule has 3 aromatic rings. The number of rotatable bonds is 3. The maximum atomic E-state index is 13.8. The molecule has 3 rings (SSSR count). The minimum Gasteiger partial charge on any atom is -0.399 e. The van der Waals surface area contributed by atoms with E-state index in [0.29, 0.717) is 17.0 Å². The zero-order chi connectivity index (χ0) is 14.1. The van der Waals surface area contributed by atoms with E-state index in [1.54, 1.807) is 18.2 Å². The van der Waals surface area contributed by atoms with Gasteiger partial charge in [-0.2, -0.15) is 0 Å². The molecule has 0 saturated carbocycles. The Morgan fingerprint density at radius 2 is 2.15 bits per heavy atom. The maximum Gasteiger partial charge on any atom is 0.166 e.